The highest BCUT2D eigenvalue weighted by Gasteiger charge is 2.18. The van der Waals surface area contributed by atoms with Gasteiger partial charge in [-0.15, -0.1) is 0 Å². The van der Waals surface area contributed by atoms with Crippen LogP contribution in [0, 0.1) is 0 Å². The predicted molar refractivity (Wildman–Crippen MR) is 83.0 cm³/mol. The van der Waals surface area contributed by atoms with E-state index in [0.29, 0.717) is 18.0 Å². The zero-order valence-electron chi connectivity index (χ0n) is 13.0. The molecule has 0 unspecified atom stereocenters. The summed E-state index contributed by atoms with van der Waals surface area (Å²) >= 11 is 0. The maximum absolute atomic E-state index is 10.1. The molecule has 0 aromatic heterocycles. The first kappa shape index (κ1) is 16.1. The van der Waals surface area contributed by atoms with Gasteiger partial charge >= 0.3 is 0 Å². The van der Waals surface area contributed by atoms with Crippen LogP contribution in [0.15, 0.2) is 24.3 Å². The van der Waals surface area contributed by atoms with Gasteiger partial charge in [0, 0.05) is 32.7 Å². The molecule has 0 bridgehead atoms. The fraction of sp³-hybridized carbons (Fsp3) is 0.625. The highest BCUT2D eigenvalue weighted by atomic mass is 16.5. The number of β-amino-alcohol motifs (C(OH)–C–C–N with tert-alkyl or cyclic N) is 1. The van der Waals surface area contributed by atoms with Crippen molar-refractivity contribution < 1.29 is 14.6 Å². The van der Waals surface area contributed by atoms with Crippen LogP contribution in [0.25, 0.3) is 0 Å². The topological polar surface area (TPSA) is 45.2 Å². The average molecular weight is 294 g/mol. The molecule has 5 nitrogen and oxygen atoms in total. The second-order valence-electron chi connectivity index (χ2n) is 5.35. The van der Waals surface area contributed by atoms with Gasteiger partial charge in [0.05, 0.1) is 7.11 Å². The van der Waals surface area contributed by atoms with E-state index in [1.807, 2.05) is 24.3 Å². The van der Waals surface area contributed by atoms with Crippen molar-refractivity contribution in [2.24, 2.45) is 0 Å². The van der Waals surface area contributed by atoms with E-state index in [1.54, 1.807) is 7.11 Å². The minimum atomic E-state index is -0.483. The molecule has 0 aliphatic carbocycles. The summed E-state index contributed by atoms with van der Waals surface area (Å²) in [5.74, 6) is 1.37. The highest BCUT2D eigenvalue weighted by Crippen LogP contribution is 2.25. The SMILES string of the molecule is CCN1CCN(C[C@H](O)COc2ccccc2OC)CC1. The number of hydrogen-bond donors (Lipinski definition) is 1. The number of aliphatic hydroxyl groups excluding tert-OH is 1. The van der Waals surface area contributed by atoms with Gasteiger partial charge in [0.2, 0.25) is 0 Å². The second kappa shape index (κ2) is 8.22. The lowest BCUT2D eigenvalue weighted by molar-refractivity contribution is 0.0464. The predicted octanol–water partition coefficient (Wildman–Crippen LogP) is 1.07. The van der Waals surface area contributed by atoms with Crippen molar-refractivity contribution in [2.75, 3.05) is 53.0 Å². The molecular formula is C16H26N2O3. The number of likely N-dealkylation sites (N-methyl/N-ethyl adjacent to an activating group) is 1. The standard InChI is InChI=1S/C16H26N2O3/c1-3-17-8-10-18(11-9-17)12-14(19)13-21-16-7-5-4-6-15(16)20-2/h4-7,14,19H,3,8-13H2,1-2H3/t14-/m0/s1. The molecule has 1 aliphatic rings. The molecule has 0 amide bonds. The number of para-hydroxylation sites is 2. The van der Waals surface area contributed by atoms with E-state index < -0.39 is 6.10 Å². The zero-order chi connectivity index (χ0) is 15.1. The van der Waals surface area contributed by atoms with E-state index in [9.17, 15) is 5.11 Å². The van der Waals surface area contributed by atoms with Crippen molar-refractivity contribution in [2.45, 2.75) is 13.0 Å². The Morgan fingerprint density at radius 1 is 1.10 bits per heavy atom. The molecule has 0 spiro atoms. The van der Waals surface area contributed by atoms with E-state index in [-0.39, 0.29) is 6.61 Å². The third kappa shape index (κ3) is 4.88. The summed E-state index contributed by atoms with van der Waals surface area (Å²) in [6.07, 6.45) is -0.483. The van der Waals surface area contributed by atoms with Crippen LogP contribution in [0.5, 0.6) is 11.5 Å². The molecule has 1 aliphatic heterocycles. The van der Waals surface area contributed by atoms with Crippen LogP contribution >= 0.6 is 0 Å². The van der Waals surface area contributed by atoms with Crippen LogP contribution in [-0.2, 0) is 0 Å². The third-order valence-electron chi connectivity index (χ3n) is 3.88. The molecule has 1 atom stereocenters. The fourth-order valence-electron chi connectivity index (χ4n) is 2.56. The van der Waals surface area contributed by atoms with Crippen molar-refractivity contribution in [1.82, 2.24) is 9.80 Å². The Bertz CT molecular complexity index is 420. The number of hydrogen-bond acceptors (Lipinski definition) is 5. The van der Waals surface area contributed by atoms with Crippen molar-refractivity contribution >= 4 is 0 Å². The second-order valence-corrected chi connectivity index (χ2v) is 5.35. The summed E-state index contributed by atoms with van der Waals surface area (Å²) in [4.78, 5) is 4.72. The van der Waals surface area contributed by atoms with Crippen LogP contribution in [0.3, 0.4) is 0 Å². The summed E-state index contributed by atoms with van der Waals surface area (Å²) in [6, 6.07) is 7.50. The van der Waals surface area contributed by atoms with Gasteiger partial charge < -0.3 is 19.5 Å². The molecule has 1 aromatic rings. The number of piperazine rings is 1. The Hall–Kier alpha value is -1.30. The number of benzene rings is 1. The molecule has 1 heterocycles. The molecule has 21 heavy (non-hydrogen) atoms. The number of methoxy groups -OCH3 is 1. The Balaban J connectivity index is 1.73. The largest absolute Gasteiger partial charge is 0.493 e. The van der Waals surface area contributed by atoms with Crippen molar-refractivity contribution in [1.29, 1.82) is 0 Å². The fourth-order valence-corrected chi connectivity index (χ4v) is 2.56. The zero-order valence-corrected chi connectivity index (χ0v) is 13.0. The number of rotatable bonds is 7. The minimum Gasteiger partial charge on any atom is -0.493 e. The molecular weight excluding hydrogens is 268 g/mol. The van der Waals surface area contributed by atoms with Crippen LogP contribution in [-0.4, -0.2) is 74.0 Å². The molecule has 0 saturated carbocycles. The first-order valence-electron chi connectivity index (χ1n) is 7.61. The van der Waals surface area contributed by atoms with Gasteiger partial charge in [-0.1, -0.05) is 19.1 Å². The van der Waals surface area contributed by atoms with Crippen LogP contribution in [0.4, 0.5) is 0 Å². The summed E-state index contributed by atoms with van der Waals surface area (Å²) in [7, 11) is 1.62. The number of nitrogens with zero attached hydrogens (tertiary/aromatic N) is 2. The first-order valence-corrected chi connectivity index (χ1v) is 7.61. The van der Waals surface area contributed by atoms with Gasteiger partial charge in [0.25, 0.3) is 0 Å². The van der Waals surface area contributed by atoms with Gasteiger partial charge in [-0.05, 0) is 18.7 Å². The molecule has 118 valence electrons. The van der Waals surface area contributed by atoms with E-state index >= 15 is 0 Å². The first-order chi connectivity index (χ1) is 10.2. The van der Waals surface area contributed by atoms with E-state index in [2.05, 4.69) is 16.7 Å². The molecule has 1 saturated heterocycles. The minimum absolute atomic E-state index is 0.286. The summed E-state index contributed by atoms with van der Waals surface area (Å²) < 4.78 is 10.9. The summed E-state index contributed by atoms with van der Waals surface area (Å²) in [5, 5.41) is 10.1. The van der Waals surface area contributed by atoms with E-state index in [4.69, 9.17) is 9.47 Å². The number of ether oxygens (including phenoxy) is 2. The third-order valence-corrected chi connectivity index (χ3v) is 3.88. The van der Waals surface area contributed by atoms with Crippen molar-refractivity contribution in [3.8, 4) is 11.5 Å². The maximum atomic E-state index is 10.1. The quantitative estimate of drug-likeness (QED) is 0.815. The molecule has 1 aromatic carbocycles. The highest BCUT2D eigenvalue weighted by molar-refractivity contribution is 5.39. The monoisotopic (exact) mass is 294 g/mol. The lowest BCUT2D eigenvalue weighted by Gasteiger charge is -2.34. The molecule has 5 heteroatoms. The van der Waals surface area contributed by atoms with Gasteiger partial charge in [-0.3, -0.25) is 4.90 Å². The normalized spacial score (nSPS) is 18.4. The Morgan fingerprint density at radius 2 is 1.71 bits per heavy atom. The molecule has 1 fully saturated rings. The smallest absolute Gasteiger partial charge is 0.161 e. The van der Waals surface area contributed by atoms with Gasteiger partial charge in [0.15, 0.2) is 11.5 Å². The molecule has 1 N–H and O–H groups in total. The van der Waals surface area contributed by atoms with E-state index in [1.165, 1.54) is 0 Å². The van der Waals surface area contributed by atoms with Crippen molar-refractivity contribution in [3.63, 3.8) is 0 Å². The summed E-state index contributed by atoms with van der Waals surface area (Å²) in [6.45, 7) is 8.42. The maximum Gasteiger partial charge on any atom is 0.161 e. The van der Waals surface area contributed by atoms with Gasteiger partial charge in [-0.25, -0.2) is 0 Å². The number of aliphatic hydroxyl groups is 1. The summed E-state index contributed by atoms with van der Waals surface area (Å²) in [5.41, 5.74) is 0. The molecule has 2 rings (SSSR count). The van der Waals surface area contributed by atoms with Crippen LogP contribution in [0.1, 0.15) is 6.92 Å². The van der Waals surface area contributed by atoms with E-state index in [0.717, 1.165) is 32.7 Å². The van der Waals surface area contributed by atoms with Crippen LogP contribution < -0.4 is 9.47 Å². The van der Waals surface area contributed by atoms with Gasteiger partial charge in [-0.2, -0.15) is 0 Å². The van der Waals surface area contributed by atoms with Crippen LogP contribution in [0.2, 0.25) is 0 Å². The van der Waals surface area contributed by atoms with Gasteiger partial charge in [0.1, 0.15) is 12.7 Å². The Kier molecular flexibility index (Phi) is 6.29. The van der Waals surface area contributed by atoms with Crippen molar-refractivity contribution in [3.05, 3.63) is 24.3 Å². The average Bonchev–Trinajstić information content (AvgIpc) is 2.54. The Morgan fingerprint density at radius 3 is 2.33 bits per heavy atom. The lowest BCUT2D eigenvalue weighted by atomic mass is 10.2. The lowest BCUT2D eigenvalue weighted by Crippen LogP contribution is -2.49. The Labute approximate surface area is 127 Å². The molecule has 0 radical (unpaired) electrons.